The van der Waals surface area contributed by atoms with E-state index in [4.69, 9.17) is 0 Å². The minimum absolute atomic E-state index is 0.0134. The molecular weight excluding hydrogens is 370 g/mol. The summed E-state index contributed by atoms with van der Waals surface area (Å²) in [6.07, 6.45) is 1.89. The van der Waals surface area contributed by atoms with Crippen LogP contribution in [0.2, 0.25) is 0 Å². The van der Waals surface area contributed by atoms with Crippen molar-refractivity contribution in [2.75, 3.05) is 11.9 Å². The van der Waals surface area contributed by atoms with E-state index in [9.17, 15) is 9.59 Å². The molecule has 0 bridgehead atoms. The predicted molar refractivity (Wildman–Crippen MR) is 95.3 cm³/mol. The molecule has 1 fully saturated rings. The number of nitrogens with zero attached hydrogens (tertiary/aromatic N) is 2. The Balaban J connectivity index is 1.63. The number of aryl methyl sites for hydroxylation is 1. The number of carbonyl (C=O) groups is 2. The van der Waals surface area contributed by atoms with Gasteiger partial charge >= 0.3 is 0 Å². The van der Waals surface area contributed by atoms with Gasteiger partial charge in [0.15, 0.2) is 0 Å². The minimum atomic E-state index is -0.342. The van der Waals surface area contributed by atoms with Crippen LogP contribution in [0.3, 0.4) is 0 Å². The van der Waals surface area contributed by atoms with Crippen molar-refractivity contribution in [2.45, 2.75) is 19.9 Å². The third kappa shape index (κ3) is 3.82. The first kappa shape index (κ1) is 16.6. The summed E-state index contributed by atoms with van der Waals surface area (Å²) in [4.78, 5) is 30.6. The molecule has 24 heavy (non-hydrogen) atoms. The molecule has 124 valence electrons. The number of pyridine rings is 1. The summed E-state index contributed by atoms with van der Waals surface area (Å²) >= 11 is 3.35. The molecule has 1 saturated heterocycles. The van der Waals surface area contributed by atoms with Gasteiger partial charge in [-0.3, -0.25) is 9.59 Å². The molecule has 1 aromatic carbocycles. The van der Waals surface area contributed by atoms with Crippen LogP contribution in [0.5, 0.6) is 0 Å². The molecule has 5 nitrogen and oxygen atoms in total. The van der Waals surface area contributed by atoms with Crippen LogP contribution in [0.4, 0.5) is 5.82 Å². The molecule has 2 heterocycles. The summed E-state index contributed by atoms with van der Waals surface area (Å²) in [5.74, 6) is 0.0551. The zero-order chi connectivity index (χ0) is 17.1. The van der Waals surface area contributed by atoms with Gasteiger partial charge in [0, 0.05) is 30.2 Å². The Labute approximate surface area is 149 Å². The quantitative estimate of drug-likeness (QED) is 0.876. The zero-order valence-corrected chi connectivity index (χ0v) is 14.9. The van der Waals surface area contributed by atoms with Gasteiger partial charge < -0.3 is 10.2 Å². The van der Waals surface area contributed by atoms with Gasteiger partial charge in [-0.2, -0.15) is 0 Å². The summed E-state index contributed by atoms with van der Waals surface area (Å²) in [5.41, 5.74) is 1.94. The Bertz CT molecular complexity index is 764. The summed E-state index contributed by atoms with van der Waals surface area (Å²) in [6.45, 7) is 2.86. The third-order valence-electron chi connectivity index (χ3n) is 4.09. The Morgan fingerprint density at radius 3 is 2.83 bits per heavy atom. The van der Waals surface area contributed by atoms with Gasteiger partial charge in [-0.15, -0.1) is 0 Å². The average molecular weight is 388 g/mol. The molecular formula is C18H18BrN3O2. The van der Waals surface area contributed by atoms with Crippen LogP contribution in [-0.2, 0) is 16.1 Å². The molecule has 2 amide bonds. The van der Waals surface area contributed by atoms with E-state index in [1.165, 1.54) is 0 Å². The van der Waals surface area contributed by atoms with Crippen LogP contribution in [0, 0.1) is 12.8 Å². The van der Waals surface area contributed by atoms with Crippen molar-refractivity contribution in [1.82, 2.24) is 9.88 Å². The molecule has 1 atom stereocenters. The third-order valence-corrected chi connectivity index (χ3v) is 4.52. The maximum absolute atomic E-state index is 12.5. The van der Waals surface area contributed by atoms with Crippen molar-refractivity contribution in [2.24, 2.45) is 5.92 Å². The maximum Gasteiger partial charge on any atom is 0.230 e. The van der Waals surface area contributed by atoms with Crippen LogP contribution in [0.1, 0.15) is 17.5 Å². The Morgan fingerprint density at radius 1 is 1.38 bits per heavy atom. The number of carbonyl (C=O) groups excluding carboxylic acids is 2. The van der Waals surface area contributed by atoms with Gasteiger partial charge in [-0.05, 0) is 40.0 Å². The highest BCUT2D eigenvalue weighted by Gasteiger charge is 2.34. The zero-order valence-electron chi connectivity index (χ0n) is 13.3. The fourth-order valence-electron chi connectivity index (χ4n) is 2.79. The lowest BCUT2D eigenvalue weighted by Gasteiger charge is -2.16. The average Bonchev–Trinajstić information content (AvgIpc) is 2.92. The summed E-state index contributed by atoms with van der Waals surface area (Å²) < 4.78 is 0.864. The number of hydrogen-bond acceptors (Lipinski definition) is 3. The second-order valence-corrected chi connectivity index (χ2v) is 6.88. The van der Waals surface area contributed by atoms with Crippen LogP contribution in [0.25, 0.3) is 0 Å². The molecule has 3 rings (SSSR count). The maximum atomic E-state index is 12.5. The van der Waals surface area contributed by atoms with Crippen LogP contribution < -0.4 is 5.32 Å². The number of benzene rings is 1. The molecule has 6 heteroatoms. The molecule has 2 aromatic rings. The van der Waals surface area contributed by atoms with Crippen molar-refractivity contribution in [3.05, 3.63) is 58.2 Å². The second-order valence-electron chi connectivity index (χ2n) is 5.97. The number of likely N-dealkylation sites (tertiary alicyclic amines) is 1. The highest BCUT2D eigenvalue weighted by molar-refractivity contribution is 9.10. The first-order valence-electron chi connectivity index (χ1n) is 7.77. The normalized spacial score (nSPS) is 17.2. The summed E-state index contributed by atoms with van der Waals surface area (Å²) in [7, 11) is 0. The van der Waals surface area contributed by atoms with Crippen LogP contribution in [-0.4, -0.2) is 28.2 Å². The van der Waals surface area contributed by atoms with Crippen molar-refractivity contribution in [3.63, 3.8) is 0 Å². The molecule has 0 saturated carbocycles. The van der Waals surface area contributed by atoms with E-state index in [0.717, 1.165) is 15.6 Å². The Hall–Kier alpha value is -2.21. The lowest BCUT2D eigenvalue weighted by molar-refractivity contribution is -0.128. The smallest absolute Gasteiger partial charge is 0.230 e. The van der Waals surface area contributed by atoms with Crippen molar-refractivity contribution in [1.29, 1.82) is 0 Å². The molecule has 1 unspecified atom stereocenters. The number of aromatic nitrogens is 1. The van der Waals surface area contributed by atoms with Gasteiger partial charge in [0.25, 0.3) is 0 Å². The van der Waals surface area contributed by atoms with E-state index in [1.54, 1.807) is 11.1 Å². The summed E-state index contributed by atoms with van der Waals surface area (Å²) in [5, 5.41) is 2.83. The van der Waals surface area contributed by atoms with Gasteiger partial charge in [0.2, 0.25) is 11.8 Å². The predicted octanol–water partition coefficient (Wildman–Crippen LogP) is 3.14. The number of amides is 2. The van der Waals surface area contributed by atoms with E-state index >= 15 is 0 Å². The molecule has 1 aromatic heterocycles. The lowest BCUT2D eigenvalue weighted by Crippen LogP contribution is -2.28. The van der Waals surface area contributed by atoms with Gasteiger partial charge in [-0.1, -0.05) is 30.3 Å². The van der Waals surface area contributed by atoms with Crippen molar-refractivity contribution < 1.29 is 9.59 Å². The van der Waals surface area contributed by atoms with Crippen LogP contribution in [0.15, 0.2) is 47.1 Å². The first-order valence-corrected chi connectivity index (χ1v) is 8.57. The monoisotopic (exact) mass is 387 g/mol. The molecule has 0 radical (unpaired) electrons. The number of nitrogens with one attached hydrogen (secondary N) is 1. The fourth-order valence-corrected chi connectivity index (χ4v) is 3.24. The van der Waals surface area contributed by atoms with E-state index < -0.39 is 0 Å². The highest BCUT2D eigenvalue weighted by Crippen LogP contribution is 2.23. The van der Waals surface area contributed by atoms with Gasteiger partial charge in [0.1, 0.15) is 5.82 Å². The molecule has 1 aliphatic heterocycles. The SMILES string of the molecule is Cc1cc(Br)cnc1NC(=O)C1CC(=O)N(Cc2ccccc2)C1. The lowest BCUT2D eigenvalue weighted by atomic mass is 10.1. The van der Waals surface area contributed by atoms with Crippen molar-refractivity contribution in [3.8, 4) is 0 Å². The Kier molecular flexibility index (Phi) is 4.94. The number of hydrogen-bond donors (Lipinski definition) is 1. The van der Waals surface area contributed by atoms with E-state index in [1.807, 2.05) is 43.3 Å². The summed E-state index contributed by atoms with van der Waals surface area (Å²) in [6, 6.07) is 11.7. The van der Waals surface area contributed by atoms with E-state index in [2.05, 4.69) is 26.2 Å². The molecule has 1 aliphatic rings. The number of anilines is 1. The molecule has 0 spiro atoms. The van der Waals surface area contributed by atoms with E-state index in [0.29, 0.717) is 18.9 Å². The highest BCUT2D eigenvalue weighted by atomic mass is 79.9. The standard InChI is InChI=1S/C18H18BrN3O2/c1-12-7-15(19)9-20-17(12)21-18(24)14-8-16(23)22(11-14)10-13-5-3-2-4-6-13/h2-7,9,14H,8,10-11H2,1H3,(H,20,21,24). The molecule has 0 aliphatic carbocycles. The van der Waals surface area contributed by atoms with Gasteiger partial charge in [0.05, 0.1) is 5.92 Å². The largest absolute Gasteiger partial charge is 0.338 e. The van der Waals surface area contributed by atoms with Gasteiger partial charge in [-0.25, -0.2) is 4.98 Å². The van der Waals surface area contributed by atoms with E-state index in [-0.39, 0.29) is 24.2 Å². The fraction of sp³-hybridized carbons (Fsp3) is 0.278. The number of rotatable bonds is 4. The number of halogens is 1. The molecule has 1 N–H and O–H groups in total. The van der Waals surface area contributed by atoms with Crippen molar-refractivity contribution >= 4 is 33.6 Å². The van der Waals surface area contributed by atoms with Crippen LogP contribution >= 0.6 is 15.9 Å². The second kappa shape index (κ2) is 7.13. The Morgan fingerprint density at radius 2 is 2.12 bits per heavy atom. The topological polar surface area (TPSA) is 62.3 Å². The minimum Gasteiger partial charge on any atom is -0.338 e. The first-order chi connectivity index (χ1) is 11.5.